The number of ether oxygens (including phenoxy) is 2. The van der Waals surface area contributed by atoms with Crippen LogP contribution in [0.4, 0.5) is 0 Å². The first-order chi connectivity index (χ1) is 8.60. The summed E-state index contributed by atoms with van der Waals surface area (Å²) >= 11 is 0. The van der Waals surface area contributed by atoms with E-state index in [1.165, 1.54) is 38.5 Å². The molecule has 0 unspecified atom stereocenters. The van der Waals surface area contributed by atoms with Gasteiger partial charge in [-0.1, -0.05) is 0 Å². The van der Waals surface area contributed by atoms with Gasteiger partial charge in [-0.15, -0.1) is 0 Å². The smallest absolute Gasteiger partial charge is 0.337 e. The highest BCUT2D eigenvalue weighted by Gasteiger charge is 2.08. The fourth-order valence-electron chi connectivity index (χ4n) is 0.978. The first-order valence-electron chi connectivity index (χ1n) is 5.09. The highest BCUT2D eigenvalue weighted by Crippen LogP contribution is 2.06. The molecule has 0 bridgehead atoms. The Morgan fingerprint density at radius 3 is 1.33 bits per heavy atom. The molecule has 0 aromatic heterocycles. The van der Waals surface area contributed by atoms with E-state index in [0.717, 1.165) is 0 Å². The van der Waals surface area contributed by atoms with Gasteiger partial charge in [-0.3, -0.25) is 0 Å². The lowest BCUT2D eigenvalue weighted by molar-refractivity contribution is 0.0586. The van der Waals surface area contributed by atoms with Gasteiger partial charge in [0, 0.05) is 0 Å². The van der Waals surface area contributed by atoms with E-state index in [1.54, 1.807) is 0 Å². The predicted octanol–water partition coefficient (Wildman–Crippen LogP) is 0.231. The zero-order valence-electron chi connectivity index (χ0n) is 10.3. The van der Waals surface area contributed by atoms with Crippen LogP contribution in [0, 0.1) is 0 Å². The minimum atomic E-state index is -0.429. The molecule has 0 spiro atoms. The molecule has 1 rings (SSSR count). The van der Waals surface area contributed by atoms with Crippen molar-refractivity contribution in [3.8, 4) is 0 Å². The van der Waals surface area contributed by atoms with Gasteiger partial charge in [0.15, 0.2) is 0 Å². The molecule has 1 aromatic carbocycles. The van der Waals surface area contributed by atoms with Gasteiger partial charge in [-0.2, -0.15) is 0 Å². The predicted molar refractivity (Wildman–Crippen MR) is 63.3 cm³/mol. The standard InChI is InChI=1S/C10H10O4.C2H6O2/c1-13-9(11)7-3-5-8(6-4-7)10(12)14-2;3-1-2-4/h3-6H,1-2H3;3-4H,1-2H2. The number of benzene rings is 1. The number of rotatable bonds is 3. The van der Waals surface area contributed by atoms with Crippen LogP contribution in [0.1, 0.15) is 20.7 Å². The van der Waals surface area contributed by atoms with Gasteiger partial charge >= 0.3 is 11.9 Å². The molecular weight excluding hydrogens is 240 g/mol. The van der Waals surface area contributed by atoms with Crippen molar-refractivity contribution in [2.24, 2.45) is 0 Å². The van der Waals surface area contributed by atoms with E-state index in [9.17, 15) is 9.59 Å². The van der Waals surface area contributed by atoms with Crippen LogP contribution in [0.3, 0.4) is 0 Å². The van der Waals surface area contributed by atoms with E-state index >= 15 is 0 Å². The Morgan fingerprint density at radius 1 is 0.889 bits per heavy atom. The van der Waals surface area contributed by atoms with Crippen LogP contribution in [0.15, 0.2) is 24.3 Å². The monoisotopic (exact) mass is 256 g/mol. The quantitative estimate of drug-likeness (QED) is 0.752. The van der Waals surface area contributed by atoms with Crippen LogP contribution in [-0.4, -0.2) is 49.6 Å². The fraction of sp³-hybridized carbons (Fsp3) is 0.333. The Labute approximate surface area is 105 Å². The average Bonchev–Trinajstić information content (AvgIpc) is 2.46. The molecule has 0 radical (unpaired) electrons. The van der Waals surface area contributed by atoms with Gasteiger partial charge in [0.25, 0.3) is 0 Å². The van der Waals surface area contributed by atoms with Gasteiger partial charge in [0.1, 0.15) is 0 Å². The third-order valence-electron chi connectivity index (χ3n) is 1.83. The number of esters is 2. The maximum Gasteiger partial charge on any atom is 0.337 e. The van der Waals surface area contributed by atoms with E-state index in [1.807, 2.05) is 0 Å². The lowest BCUT2D eigenvalue weighted by atomic mass is 10.1. The molecular formula is C12H16O6. The summed E-state index contributed by atoms with van der Waals surface area (Å²) in [4.78, 5) is 22.1. The van der Waals surface area contributed by atoms with Crippen LogP contribution in [0.2, 0.25) is 0 Å². The van der Waals surface area contributed by atoms with E-state index in [4.69, 9.17) is 10.2 Å². The maximum atomic E-state index is 11.0. The van der Waals surface area contributed by atoms with Crippen molar-refractivity contribution < 1.29 is 29.3 Å². The second-order valence-corrected chi connectivity index (χ2v) is 3.01. The number of aliphatic hydroxyl groups is 2. The molecule has 0 amide bonds. The largest absolute Gasteiger partial charge is 0.465 e. The maximum absolute atomic E-state index is 11.0. The molecule has 6 nitrogen and oxygen atoms in total. The average molecular weight is 256 g/mol. The van der Waals surface area contributed by atoms with Crippen LogP contribution in [-0.2, 0) is 9.47 Å². The van der Waals surface area contributed by atoms with Crippen LogP contribution >= 0.6 is 0 Å². The van der Waals surface area contributed by atoms with Crippen LogP contribution < -0.4 is 0 Å². The first kappa shape index (κ1) is 16.1. The molecule has 1 aromatic rings. The summed E-state index contributed by atoms with van der Waals surface area (Å²) in [5.41, 5.74) is 0.806. The SMILES string of the molecule is COC(=O)c1ccc(C(=O)OC)cc1.OCCO. The van der Waals surface area contributed by atoms with Gasteiger partial charge < -0.3 is 19.7 Å². The number of hydrogen-bond donors (Lipinski definition) is 2. The topological polar surface area (TPSA) is 93.1 Å². The molecule has 0 aliphatic rings. The van der Waals surface area contributed by atoms with Crippen molar-refractivity contribution in [3.05, 3.63) is 35.4 Å². The number of carbonyl (C=O) groups excluding carboxylic acids is 2. The summed E-state index contributed by atoms with van der Waals surface area (Å²) in [5, 5.41) is 15.2. The Hall–Kier alpha value is -1.92. The highest BCUT2D eigenvalue weighted by molar-refractivity contribution is 5.93. The summed E-state index contributed by atoms with van der Waals surface area (Å²) in [6, 6.07) is 6.05. The molecule has 0 atom stereocenters. The third-order valence-corrected chi connectivity index (χ3v) is 1.83. The number of aliphatic hydroxyl groups excluding tert-OH is 2. The second kappa shape index (κ2) is 9.15. The van der Waals surface area contributed by atoms with Crippen LogP contribution in [0.25, 0.3) is 0 Å². The van der Waals surface area contributed by atoms with Crippen molar-refractivity contribution >= 4 is 11.9 Å². The van der Waals surface area contributed by atoms with Crippen molar-refractivity contribution in [3.63, 3.8) is 0 Å². The molecule has 100 valence electrons. The lowest BCUT2D eigenvalue weighted by Crippen LogP contribution is -2.04. The van der Waals surface area contributed by atoms with Crippen molar-refractivity contribution in [1.82, 2.24) is 0 Å². The molecule has 0 heterocycles. The Balaban J connectivity index is 0.000000631. The molecule has 0 saturated heterocycles. The number of hydrogen-bond acceptors (Lipinski definition) is 6. The van der Waals surface area contributed by atoms with E-state index in [-0.39, 0.29) is 13.2 Å². The molecule has 18 heavy (non-hydrogen) atoms. The zero-order valence-corrected chi connectivity index (χ0v) is 10.3. The summed E-state index contributed by atoms with van der Waals surface area (Å²) in [6.45, 7) is -0.250. The van der Waals surface area contributed by atoms with E-state index in [0.29, 0.717) is 11.1 Å². The highest BCUT2D eigenvalue weighted by atomic mass is 16.5. The van der Waals surface area contributed by atoms with Crippen molar-refractivity contribution in [2.45, 2.75) is 0 Å². The molecule has 0 fully saturated rings. The third kappa shape index (κ3) is 5.42. The van der Waals surface area contributed by atoms with E-state index in [2.05, 4.69) is 9.47 Å². The van der Waals surface area contributed by atoms with Crippen LogP contribution in [0.5, 0.6) is 0 Å². The van der Waals surface area contributed by atoms with Gasteiger partial charge in [0.05, 0.1) is 38.6 Å². The van der Waals surface area contributed by atoms with Gasteiger partial charge in [-0.05, 0) is 24.3 Å². The summed E-state index contributed by atoms with van der Waals surface area (Å²) in [6.07, 6.45) is 0. The Morgan fingerprint density at radius 2 is 1.17 bits per heavy atom. The Kier molecular flexibility index (Phi) is 8.17. The summed E-state index contributed by atoms with van der Waals surface area (Å²) in [7, 11) is 2.60. The normalized spacial score (nSPS) is 8.89. The molecule has 2 N–H and O–H groups in total. The number of carbonyl (C=O) groups is 2. The van der Waals surface area contributed by atoms with E-state index < -0.39 is 11.9 Å². The molecule has 0 aliphatic carbocycles. The molecule has 0 aliphatic heterocycles. The molecule has 6 heteroatoms. The summed E-state index contributed by atoms with van der Waals surface area (Å²) < 4.78 is 9.02. The first-order valence-corrected chi connectivity index (χ1v) is 5.09. The van der Waals surface area contributed by atoms with Gasteiger partial charge in [0.2, 0.25) is 0 Å². The minimum Gasteiger partial charge on any atom is -0.465 e. The van der Waals surface area contributed by atoms with Crippen molar-refractivity contribution in [1.29, 1.82) is 0 Å². The second-order valence-electron chi connectivity index (χ2n) is 3.01. The molecule has 0 saturated carbocycles. The Bertz CT molecular complexity index is 334. The lowest BCUT2D eigenvalue weighted by Gasteiger charge is -2.00. The van der Waals surface area contributed by atoms with Crippen molar-refractivity contribution in [2.75, 3.05) is 27.4 Å². The van der Waals surface area contributed by atoms with Gasteiger partial charge in [-0.25, -0.2) is 9.59 Å². The summed E-state index contributed by atoms with van der Waals surface area (Å²) in [5.74, 6) is -0.858. The minimum absolute atomic E-state index is 0.125. The fourth-order valence-corrected chi connectivity index (χ4v) is 0.978. The number of methoxy groups -OCH3 is 2. The zero-order chi connectivity index (χ0) is 14.0.